The van der Waals surface area contributed by atoms with Crippen molar-refractivity contribution in [2.45, 2.75) is 206 Å². The molecule has 0 aromatic rings. The first-order chi connectivity index (χ1) is 24.5. The number of unbranched alkanes of at least 4 members (excludes halogenated alkanes) is 22. The third-order valence-corrected chi connectivity index (χ3v) is 8.99. The van der Waals surface area contributed by atoms with Gasteiger partial charge in [-0.25, -0.2) is 0 Å². The molecular weight excluding hydrogens is 630 g/mol. The largest absolute Gasteiger partial charge is 0.463 e. The van der Waals surface area contributed by atoms with E-state index in [-0.39, 0.29) is 32.7 Å². The first-order valence-electron chi connectivity index (χ1n) is 20.6. The number of aliphatic hydroxyl groups excluding tert-OH is 1. The van der Waals surface area contributed by atoms with Crippen LogP contribution in [0.3, 0.4) is 0 Å². The van der Waals surface area contributed by atoms with Gasteiger partial charge >= 0.3 is 11.9 Å². The van der Waals surface area contributed by atoms with Gasteiger partial charge in [-0.2, -0.15) is 0 Å². The highest BCUT2D eigenvalue weighted by atomic mass is 16.6. The number of amides is 1. The van der Waals surface area contributed by atoms with Crippen molar-refractivity contribution in [3.63, 3.8) is 0 Å². The van der Waals surface area contributed by atoms with Crippen LogP contribution in [0.2, 0.25) is 0 Å². The Morgan fingerprint density at radius 3 is 1.34 bits per heavy atom. The lowest BCUT2D eigenvalue weighted by molar-refractivity contribution is -0.172. The molecule has 1 amide bonds. The van der Waals surface area contributed by atoms with Crippen molar-refractivity contribution < 1.29 is 33.7 Å². The molecule has 0 heterocycles. The molecule has 0 bridgehead atoms. The van der Waals surface area contributed by atoms with Crippen LogP contribution in [0.15, 0.2) is 24.3 Å². The van der Waals surface area contributed by atoms with E-state index in [2.05, 4.69) is 38.2 Å². The number of esters is 2. The highest BCUT2D eigenvalue weighted by Crippen LogP contribution is 2.14. The summed E-state index contributed by atoms with van der Waals surface area (Å²) in [5.74, 6) is -1.81. The summed E-state index contributed by atoms with van der Waals surface area (Å²) in [5, 5.41) is 9.24. The molecule has 8 heteroatoms. The summed E-state index contributed by atoms with van der Waals surface area (Å²) in [7, 11) is 0. The molecule has 0 aliphatic rings. The van der Waals surface area contributed by atoms with E-state index in [4.69, 9.17) is 19.9 Å². The van der Waals surface area contributed by atoms with E-state index < -0.39 is 30.1 Å². The molecule has 0 aromatic carbocycles. The molecule has 0 rings (SSSR count). The van der Waals surface area contributed by atoms with Crippen molar-refractivity contribution in [2.24, 2.45) is 5.73 Å². The fourth-order valence-electron chi connectivity index (χ4n) is 5.87. The minimum atomic E-state index is -1.40. The average molecular weight is 708 g/mol. The van der Waals surface area contributed by atoms with E-state index >= 15 is 0 Å². The van der Waals surface area contributed by atoms with E-state index in [1.165, 1.54) is 89.9 Å². The monoisotopic (exact) mass is 708 g/mol. The first kappa shape index (κ1) is 47.8. The average Bonchev–Trinajstić information content (AvgIpc) is 3.10. The smallest absolute Gasteiger partial charge is 0.306 e. The topological polar surface area (TPSA) is 125 Å². The number of allylic oxidation sites excluding steroid dienone is 4. The molecule has 0 spiro atoms. The zero-order valence-corrected chi connectivity index (χ0v) is 32.4. The molecule has 0 fully saturated rings. The van der Waals surface area contributed by atoms with Crippen molar-refractivity contribution >= 4 is 17.8 Å². The van der Waals surface area contributed by atoms with Gasteiger partial charge in [0, 0.05) is 12.8 Å². The summed E-state index contributed by atoms with van der Waals surface area (Å²) in [6.45, 7) is 3.81. The van der Waals surface area contributed by atoms with Gasteiger partial charge in [0.15, 0.2) is 0 Å². The second kappa shape index (κ2) is 38.1. The highest BCUT2D eigenvalue weighted by molar-refractivity contribution is 5.83. The van der Waals surface area contributed by atoms with Crippen molar-refractivity contribution in [3.8, 4) is 0 Å². The zero-order chi connectivity index (χ0) is 36.8. The summed E-state index contributed by atoms with van der Waals surface area (Å²) >= 11 is 0. The summed E-state index contributed by atoms with van der Waals surface area (Å²) in [6, 6.07) is 0. The van der Waals surface area contributed by atoms with Crippen molar-refractivity contribution in [1.82, 2.24) is 0 Å². The Labute approximate surface area is 306 Å². The number of hydrogen-bond acceptors (Lipinski definition) is 7. The van der Waals surface area contributed by atoms with Gasteiger partial charge in [-0.15, -0.1) is 0 Å². The van der Waals surface area contributed by atoms with Crippen LogP contribution in [0.4, 0.5) is 0 Å². The summed E-state index contributed by atoms with van der Waals surface area (Å²) in [5.41, 5.74) is 5.54. The Morgan fingerprint density at radius 2 is 0.940 bits per heavy atom. The minimum Gasteiger partial charge on any atom is -0.463 e. The van der Waals surface area contributed by atoms with Crippen molar-refractivity contribution in [1.29, 1.82) is 0 Å². The quantitative estimate of drug-likeness (QED) is 0.0372. The fourth-order valence-corrected chi connectivity index (χ4v) is 5.87. The summed E-state index contributed by atoms with van der Waals surface area (Å²) in [6.07, 6.45) is 37.6. The lowest BCUT2D eigenvalue weighted by Gasteiger charge is -2.24. The van der Waals surface area contributed by atoms with Crippen molar-refractivity contribution in [3.05, 3.63) is 24.3 Å². The van der Waals surface area contributed by atoms with Gasteiger partial charge in [0.1, 0.15) is 12.7 Å². The van der Waals surface area contributed by atoms with E-state index in [1.54, 1.807) is 0 Å². The molecule has 0 aliphatic heterocycles. The van der Waals surface area contributed by atoms with Crippen LogP contribution in [0.25, 0.3) is 0 Å². The molecule has 8 nitrogen and oxygen atoms in total. The second-order valence-corrected chi connectivity index (χ2v) is 13.8. The van der Waals surface area contributed by atoms with E-state index in [0.717, 1.165) is 70.6 Å². The minimum absolute atomic E-state index is 0.105. The number of aliphatic hydroxyl groups is 1. The second-order valence-electron chi connectivity index (χ2n) is 13.8. The van der Waals surface area contributed by atoms with Crippen LogP contribution in [0.5, 0.6) is 0 Å². The lowest BCUT2D eigenvalue weighted by atomic mass is 10.1. The third-order valence-electron chi connectivity index (χ3n) is 8.99. The van der Waals surface area contributed by atoms with Crippen LogP contribution in [0, 0.1) is 0 Å². The Kier molecular flexibility index (Phi) is 36.4. The molecule has 3 N–H and O–H groups in total. The van der Waals surface area contributed by atoms with Crippen LogP contribution in [-0.4, -0.2) is 55.0 Å². The molecule has 50 heavy (non-hydrogen) atoms. The maximum atomic E-state index is 12.5. The molecule has 292 valence electrons. The number of rotatable bonds is 38. The fraction of sp³-hybridized carbons (Fsp3) is 0.833. The van der Waals surface area contributed by atoms with Crippen LogP contribution in [0.1, 0.15) is 194 Å². The first-order valence-corrected chi connectivity index (χ1v) is 20.6. The standard InChI is InChI=1S/C42H77NO7/c1-3-5-7-9-11-13-15-17-19-21-23-25-27-29-31-33-39(45)49-37-38(48-36-35-44)41(42(43)47)50-40(46)34-32-30-28-26-24-22-20-18-16-14-12-10-8-6-4-2/h17-20,38,41,44H,3-16,21-37H2,1-2H3,(H2,43,47)/b19-17-,20-18-. The van der Waals surface area contributed by atoms with Gasteiger partial charge in [0.25, 0.3) is 5.91 Å². The number of nitrogens with two attached hydrogens (primary N) is 1. The number of hydrogen-bond donors (Lipinski definition) is 2. The maximum Gasteiger partial charge on any atom is 0.306 e. The van der Waals surface area contributed by atoms with Crippen LogP contribution < -0.4 is 5.73 Å². The number of carbonyl (C=O) groups excluding carboxylic acids is 3. The predicted molar refractivity (Wildman–Crippen MR) is 206 cm³/mol. The van der Waals surface area contributed by atoms with Crippen molar-refractivity contribution in [2.75, 3.05) is 19.8 Å². The van der Waals surface area contributed by atoms with Gasteiger partial charge in [-0.3, -0.25) is 14.4 Å². The van der Waals surface area contributed by atoms with E-state index in [0.29, 0.717) is 6.42 Å². The summed E-state index contributed by atoms with van der Waals surface area (Å²) < 4.78 is 16.3. The normalized spacial score (nSPS) is 12.9. The van der Waals surface area contributed by atoms with Gasteiger partial charge < -0.3 is 25.1 Å². The van der Waals surface area contributed by atoms with Gasteiger partial charge in [-0.1, -0.05) is 141 Å². The van der Waals surface area contributed by atoms with Crippen LogP contribution in [-0.2, 0) is 28.6 Å². The Balaban J connectivity index is 4.13. The SMILES string of the molecule is CCCCCCCC/C=C\CCCCCCCC(=O)OCC(OCCO)C(OC(=O)CCCCCCC/C=C\CCCCCCCC)C(N)=O. The van der Waals surface area contributed by atoms with Gasteiger partial charge in [0.05, 0.1) is 13.2 Å². The molecule has 0 saturated carbocycles. The lowest BCUT2D eigenvalue weighted by Crippen LogP contribution is -2.46. The molecule has 0 radical (unpaired) electrons. The molecule has 0 aliphatic carbocycles. The molecule has 2 atom stereocenters. The van der Waals surface area contributed by atoms with E-state index in [1.807, 2.05) is 0 Å². The number of carbonyl (C=O) groups is 3. The molecule has 2 unspecified atom stereocenters. The maximum absolute atomic E-state index is 12.5. The Bertz CT molecular complexity index is 844. The Hall–Kier alpha value is -2.19. The van der Waals surface area contributed by atoms with Crippen LogP contribution >= 0.6 is 0 Å². The van der Waals surface area contributed by atoms with Gasteiger partial charge in [-0.05, 0) is 64.2 Å². The third kappa shape index (κ3) is 33.0. The van der Waals surface area contributed by atoms with E-state index in [9.17, 15) is 19.5 Å². The Morgan fingerprint density at radius 1 is 0.560 bits per heavy atom. The molecule has 0 saturated heterocycles. The van der Waals surface area contributed by atoms with Gasteiger partial charge in [0.2, 0.25) is 6.10 Å². The summed E-state index contributed by atoms with van der Waals surface area (Å²) in [4.78, 5) is 37.1. The molecule has 0 aromatic heterocycles. The predicted octanol–water partition coefficient (Wildman–Crippen LogP) is 10.4. The zero-order valence-electron chi connectivity index (χ0n) is 32.4. The molecular formula is C42H77NO7. The highest BCUT2D eigenvalue weighted by Gasteiger charge is 2.32. The number of ether oxygens (including phenoxy) is 3. The number of primary amides is 1.